The minimum Gasteiger partial charge on any atom is -0.347 e. The molecular weight excluding hydrogens is 310 g/mol. The minimum absolute atomic E-state index is 0.0916. The molecule has 2 aliphatic rings. The standard InChI is InChI=1S/C17H23N3O4/c1-13(18-16(22)19-14-5-3-2-4-6-14)15(21)20-9-7-17(8-10-20)23-11-12-24-17/h2-6,13H,7-12H2,1H3,(H2,18,19,22)/t13-/m1/s1. The van der Waals surface area contributed by atoms with E-state index in [2.05, 4.69) is 10.6 Å². The molecule has 2 fully saturated rings. The van der Waals surface area contributed by atoms with Crippen LogP contribution in [-0.4, -0.2) is 55.0 Å². The fourth-order valence-electron chi connectivity index (χ4n) is 3.07. The maximum atomic E-state index is 12.5. The van der Waals surface area contributed by atoms with Crippen LogP contribution in [0.25, 0.3) is 0 Å². The van der Waals surface area contributed by atoms with Crippen molar-refractivity contribution >= 4 is 17.6 Å². The molecule has 24 heavy (non-hydrogen) atoms. The number of hydrogen-bond donors (Lipinski definition) is 2. The fraction of sp³-hybridized carbons (Fsp3) is 0.529. The van der Waals surface area contributed by atoms with Gasteiger partial charge in [0.2, 0.25) is 5.91 Å². The fourth-order valence-corrected chi connectivity index (χ4v) is 3.07. The van der Waals surface area contributed by atoms with E-state index in [1.165, 1.54) is 0 Å². The Morgan fingerprint density at radius 2 is 1.75 bits per heavy atom. The highest BCUT2D eigenvalue weighted by molar-refractivity contribution is 5.93. The van der Waals surface area contributed by atoms with Gasteiger partial charge in [0.25, 0.3) is 0 Å². The molecule has 2 N–H and O–H groups in total. The molecule has 0 aromatic heterocycles. The molecule has 0 bridgehead atoms. The van der Waals surface area contributed by atoms with Gasteiger partial charge >= 0.3 is 6.03 Å². The van der Waals surface area contributed by atoms with E-state index >= 15 is 0 Å². The molecule has 0 radical (unpaired) electrons. The Balaban J connectivity index is 1.47. The van der Waals surface area contributed by atoms with Crippen LogP contribution in [0.15, 0.2) is 30.3 Å². The normalized spacial score (nSPS) is 20.6. The van der Waals surface area contributed by atoms with Crippen molar-refractivity contribution in [2.24, 2.45) is 0 Å². The molecule has 1 aromatic rings. The molecule has 0 saturated carbocycles. The van der Waals surface area contributed by atoms with E-state index in [1.807, 2.05) is 18.2 Å². The third kappa shape index (κ3) is 3.85. The predicted octanol–water partition coefficient (Wildman–Crippen LogP) is 1.56. The SMILES string of the molecule is C[C@@H](NC(=O)Nc1ccccc1)C(=O)N1CCC2(CC1)OCCO2. The van der Waals surface area contributed by atoms with Gasteiger partial charge in [0.05, 0.1) is 13.2 Å². The van der Waals surface area contributed by atoms with E-state index in [0.717, 1.165) is 0 Å². The van der Waals surface area contributed by atoms with Crippen molar-refractivity contribution in [2.45, 2.75) is 31.6 Å². The Kier molecular flexibility index (Phi) is 5.01. The Labute approximate surface area is 141 Å². The molecule has 3 amide bonds. The van der Waals surface area contributed by atoms with Crippen molar-refractivity contribution < 1.29 is 19.1 Å². The summed E-state index contributed by atoms with van der Waals surface area (Å²) >= 11 is 0. The topological polar surface area (TPSA) is 79.9 Å². The summed E-state index contributed by atoms with van der Waals surface area (Å²) < 4.78 is 11.3. The molecule has 1 spiro atoms. The first-order chi connectivity index (χ1) is 11.6. The second kappa shape index (κ2) is 7.19. The lowest BCUT2D eigenvalue weighted by atomic mass is 10.0. The van der Waals surface area contributed by atoms with Crippen molar-refractivity contribution in [1.82, 2.24) is 10.2 Å². The smallest absolute Gasteiger partial charge is 0.319 e. The van der Waals surface area contributed by atoms with Crippen molar-refractivity contribution in [3.05, 3.63) is 30.3 Å². The second-order valence-electron chi connectivity index (χ2n) is 6.12. The van der Waals surface area contributed by atoms with Gasteiger partial charge in [0.1, 0.15) is 6.04 Å². The van der Waals surface area contributed by atoms with Gasteiger partial charge in [-0.25, -0.2) is 4.79 Å². The van der Waals surface area contributed by atoms with E-state index < -0.39 is 17.9 Å². The minimum atomic E-state index is -0.590. The Morgan fingerprint density at radius 1 is 1.12 bits per heavy atom. The number of amides is 3. The summed E-state index contributed by atoms with van der Waals surface area (Å²) in [6, 6.07) is 8.14. The molecule has 1 aromatic carbocycles. The Hall–Kier alpha value is -2.12. The summed E-state index contributed by atoms with van der Waals surface area (Å²) in [6.07, 6.45) is 1.34. The average Bonchev–Trinajstić information content (AvgIpc) is 3.04. The van der Waals surface area contributed by atoms with Crippen LogP contribution in [0.3, 0.4) is 0 Å². The quantitative estimate of drug-likeness (QED) is 0.880. The lowest BCUT2D eigenvalue weighted by Gasteiger charge is -2.38. The number of piperidine rings is 1. The van der Waals surface area contributed by atoms with Gasteiger partial charge in [0.15, 0.2) is 5.79 Å². The maximum Gasteiger partial charge on any atom is 0.319 e. The molecule has 3 rings (SSSR count). The lowest BCUT2D eigenvalue weighted by Crippen LogP contribution is -2.53. The second-order valence-corrected chi connectivity index (χ2v) is 6.12. The van der Waals surface area contributed by atoms with Crippen LogP contribution in [-0.2, 0) is 14.3 Å². The van der Waals surface area contributed by atoms with E-state index in [1.54, 1.807) is 24.0 Å². The number of benzene rings is 1. The van der Waals surface area contributed by atoms with Crippen molar-refractivity contribution in [2.75, 3.05) is 31.6 Å². The zero-order chi connectivity index (χ0) is 17.0. The molecule has 130 valence electrons. The molecule has 7 nitrogen and oxygen atoms in total. The first-order valence-corrected chi connectivity index (χ1v) is 8.27. The van der Waals surface area contributed by atoms with E-state index in [4.69, 9.17) is 9.47 Å². The largest absolute Gasteiger partial charge is 0.347 e. The monoisotopic (exact) mass is 333 g/mol. The van der Waals surface area contributed by atoms with E-state index in [9.17, 15) is 9.59 Å². The van der Waals surface area contributed by atoms with Gasteiger partial charge in [-0.05, 0) is 19.1 Å². The van der Waals surface area contributed by atoms with Crippen LogP contribution in [0.2, 0.25) is 0 Å². The number of nitrogens with one attached hydrogen (secondary N) is 2. The molecule has 7 heteroatoms. The van der Waals surface area contributed by atoms with Crippen LogP contribution in [0.5, 0.6) is 0 Å². The summed E-state index contributed by atoms with van der Waals surface area (Å²) in [5.41, 5.74) is 0.685. The van der Waals surface area contributed by atoms with Crippen LogP contribution in [0, 0.1) is 0 Å². The zero-order valence-electron chi connectivity index (χ0n) is 13.8. The summed E-state index contributed by atoms with van der Waals surface area (Å²) in [6.45, 7) is 4.08. The number of para-hydroxylation sites is 1. The zero-order valence-corrected chi connectivity index (χ0v) is 13.8. The first-order valence-electron chi connectivity index (χ1n) is 8.27. The average molecular weight is 333 g/mol. The molecule has 2 heterocycles. The molecule has 0 unspecified atom stereocenters. The summed E-state index contributed by atoms with van der Waals surface area (Å²) in [4.78, 5) is 26.2. The van der Waals surface area contributed by atoms with E-state index in [0.29, 0.717) is 44.8 Å². The van der Waals surface area contributed by atoms with Gasteiger partial charge in [0, 0.05) is 31.6 Å². The highest BCUT2D eigenvalue weighted by Gasteiger charge is 2.41. The summed E-state index contributed by atoms with van der Waals surface area (Å²) in [5, 5.41) is 5.39. The first kappa shape index (κ1) is 16.7. The van der Waals surface area contributed by atoms with Crippen molar-refractivity contribution in [3.63, 3.8) is 0 Å². The van der Waals surface area contributed by atoms with Crippen LogP contribution in [0.4, 0.5) is 10.5 Å². The third-order valence-electron chi connectivity index (χ3n) is 4.40. The highest BCUT2D eigenvalue weighted by Crippen LogP contribution is 2.31. The predicted molar refractivity (Wildman–Crippen MR) is 88.5 cm³/mol. The number of carbonyl (C=O) groups excluding carboxylic acids is 2. The number of anilines is 1. The van der Waals surface area contributed by atoms with Crippen molar-refractivity contribution in [3.8, 4) is 0 Å². The van der Waals surface area contributed by atoms with Crippen molar-refractivity contribution in [1.29, 1.82) is 0 Å². The molecule has 0 aliphatic carbocycles. The third-order valence-corrected chi connectivity index (χ3v) is 4.40. The molecule has 2 saturated heterocycles. The number of rotatable bonds is 3. The molecule has 1 atom stereocenters. The molecule has 2 aliphatic heterocycles. The van der Waals surface area contributed by atoms with Gasteiger partial charge < -0.3 is 25.0 Å². The highest BCUT2D eigenvalue weighted by atomic mass is 16.7. The molecular formula is C17H23N3O4. The number of carbonyl (C=O) groups is 2. The van der Waals surface area contributed by atoms with Crippen LogP contribution < -0.4 is 10.6 Å². The summed E-state index contributed by atoms with van der Waals surface area (Å²) in [5.74, 6) is -0.593. The van der Waals surface area contributed by atoms with Gasteiger partial charge in [-0.1, -0.05) is 18.2 Å². The lowest BCUT2D eigenvalue weighted by molar-refractivity contribution is -0.187. The maximum absolute atomic E-state index is 12.5. The number of urea groups is 1. The number of nitrogens with zero attached hydrogens (tertiary/aromatic N) is 1. The Bertz CT molecular complexity index is 577. The number of ether oxygens (including phenoxy) is 2. The van der Waals surface area contributed by atoms with Crippen LogP contribution in [0.1, 0.15) is 19.8 Å². The summed E-state index contributed by atoms with van der Waals surface area (Å²) in [7, 11) is 0. The van der Waals surface area contributed by atoms with E-state index in [-0.39, 0.29) is 5.91 Å². The Morgan fingerprint density at radius 3 is 2.38 bits per heavy atom. The van der Waals surface area contributed by atoms with Gasteiger partial charge in [-0.3, -0.25) is 4.79 Å². The number of hydrogen-bond acceptors (Lipinski definition) is 4. The van der Waals surface area contributed by atoms with Gasteiger partial charge in [-0.15, -0.1) is 0 Å². The van der Waals surface area contributed by atoms with Gasteiger partial charge in [-0.2, -0.15) is 0 Å². The number of likely N-dealkylation sites (tertiary alicyclic amines) is 1. The van der Waals surface area contributed by atoms with Crippen LogP contribution >= 0.6 is 0 Å².